The van der Waals surface area contributed by atoms with Gasteiger partial charge in [0, 0.05) is 0 Å². The summed E-state index contributed by atoms with van der Waals surface area (Å²) in [4.78, 5) is 0. The molecule has 1 N–H and O–H groups in total. The van der Waals surface area contributed by atoms with Crippen LogP contribution in [0.15, 0.2) is 42.7 Å². The number of rotatable bonds is 4. The Morgan fingerprint density at radius 1 is 1.25 bits per heavy atom. The highest BCUT2D eigenvalue weighted by atomic mass is 16.5. The molecule has 0 saturated carbocycles. The number of hydrogen-bond acceptors (Lipinski definition) is 2. The topological polar surface area (TPSA) is 29.5 Å². The zero-order valence-electron chi connectivity index (χ0n) is 6.81. The summed E-state index contributed by atoms with van der Waals surface area (Å²) in [7, 11) is 0. The summed E-state index contributed by atoms with van der Waals surface area (Å²) in [6, 6.07) is 9.88. The first-order valence-electron chi connectivity index (χ1n) is 3.85. The van der Waals surface area contributed by atoms with Gasteiger partial charge in [-0.25, -0.2) is 0 Å². The zero-order chi connectivity index (χ0) is 8.65. The van der Waals surface area contributed by atoms with Crippen LogP contribution < -0.4 is 0 Å². The van der Waals surface area contributed by atoms with Crippen molar-refractivity contribution in [3.05, 3.63) is 48.2 Å². The van der Waals surface area contributed by atoms with Gasteiger partial charge in [-0.2, -0.15) is 0 Å². The fourth-order valence-electron chi connectivity index (χ4n) is 0.830. The summed E-state index contributed by atoms with van der Waals surface area (Å²) in [6.07, 6.45) is 3.07. The van der Waals surface area contributed by atoms with Crippen LogP contribution in [-0.2, 0) is 11.3 Å². The van der Waals surface area contributed by atoms with Gasteiger partial charge in [0.1, 0.15) is 6.61 Å². The molecule has 0 aliphatic heterocycles. The molecule has 2 nitrogen and oxygen atoms in total. The van der Waals surface area contributed by atoms with Crippen molar-refractivity contribution in [2.75, 3.05) is 6.61 Å². The molecular weight excluding hydrogens is 152 g/mol. The Hall–Kier alpha value is -1.28. The van der Waals surface area contributed by atoms with Gasteiger partial charge >= 0.3 is 0 Å². The Balaban J connectivity index is 2.29. The molecule has 0 aliphatic rings. The molecule has 0 unspecified atom stereocenters. The molecule has 2 heteroatoms. The second-order valence-corrected chi connectivity index (χ2v) is 2.35. The molecule has 0 atom stereocenters. The molecule has 1 aromatic carbocycles. The second kappa shape index (κ2) is 5.38. The van der Waals surface area contributed by atoms with Crippen LogP contribution in [-0.4, -0.2) is 11.7 Å². The first kappa shape index (κ1) is 8.81. The molecule has 1 rings (SSSR count). The van der Waals surface area contributed by atoms with Crippen molar-refractivity contribution in [3.63, 3.8) is 0 Å². The predicted octanol–water partition coefficient (Wildman–Crippen LogP) is 1.71. The molecule has 0 aliphatic carbocycles. The highest BCUT2D eigenvalue weighted by molar-refractivity contribution is 5.13. The summed E-state index contributed by atoms with van der Waals surface area (Å²) in [5.74, 6) is 0. The van der Waals surface area contributed by atoms with E-state index in [4.69, 9.17) is 9.84 Å². The van der Waals surface area contributed by atoms with Gasteiger partial charge in [-0.05, 0) is 11.6 Å². The Bertz CT molecular complexity index is 229. The van der Waals surface area contributed by atoms with Gasteiger partial charge in [-0.15, -0.1) is 0 Å². The van der Waals surface area contributed by atoms with E-state index in [-0.39, 0.29) is 6.61 Å². The second-order valence-electron chi connectivity index (χ2n) is 2.35. The lowest BCUT2D eigenvalue weighted by molar-refractivity contribution is 0.231. The third kappa shape index (κ3) is 3.21. The average Bonchev–Trinajstić information content (AvgIpc) is 2.14. The Morgan fingerprint density at radius 2 is 2.00 bits per heavy atom. The molecule has 12 heavy (non-hydrogen) atoms. The van der Waals surface area contributed by atoms with Crippen LogP contribution in [0.4, 0.5) is 0 Å². The van der Waals surface area contributed by atoms with E-state index >= 15 is 0 Å². The summed E-state index contributed by atoms with van der Waals surface area (Å²) >= 11 is 0. The van der Waals surface area contributed by atoms with E-state index in [1.165, 1.54) is 6.26 Å². The Kier molecular flexibility index (Phi) is 3.95. The first-order valence-corrected chi connectivity index (χ1v) is 3.85. The van der Waals surface area contributed by atoms with Crippen LogP contribution in [0, 0.1) is 0 Å². The molecular formula is C10H12O2. The quantitative estimate of drug-likeness (QED) is 0.686. The Morgan fingerprint density at radius 3 is 2.67 bits per heavy atom. The zero-order valence-corrected chi connectivity index (χ0v) is 6.81. The monoisotopic (exact) mass is 164 g/mol. The number of hydrogen-bond donors (Lipinski definition) is 1. The maximum Gasteiger partial charge on any atom is 0.112 e. The van der Waals surface area contributed by atoms with E-state index in [0.29, 0.717) is 6.61 Å². The minimum absolute atomic E-state index is 0.0226. The van der Waals surface area contributed by atoms with Crippen LogP contribution in [0.1, 0.15) is 5.56 Å². The van der Waals surface area contributed by atoms with E-state index in [0.717, 1.165) is 5.56 Å². The first-order chi connectivity index (χ1) is 5.93. The molecule has 1 aromatic rings. The highest BCUT2D eigenvalue weighted by Gasteiger charge is 1.86. The van der Waals surface area contributed by atoms with Crippen LogP contribution in [0.25, 0.3) is 0 Å². The van der Waals surface area contributed by atoms with E-state index in [1.54, 1.807) is 6.08 Å². The third-order valence-corrected chi connectivity index (χ3v) is 1.39. The van der Waals surface area contributed by atoms with E-state index in [2.05, 4.69) is 0 Å². The van der Waals surface area contributed by atoms with E-state index in [9.17, 15) is 0 Å². The lowest BCUT2D eigenvalue weighted by Crippen LogP contribution is -1.85. The van der Waals surface area contributed by atoms with Crippen molar-refractivity contribution in [2.45, 2.75) is 6.61 Å². The van der Waals surface area contributed by atoms with Crippen LogP contribution in [0.5, 0.6) is 0 Å². The normalized spacial score (nSPS) is 10.4. The van der Waals surface area contributed by atoms with Crippen molar-refractivity contribution >= 4 is 0 Å². The van der Waals surface area contributed by atoms with Gasteiger partial charge in [-0.1, -0.05) is 30.3 Å². The fraction of sp³-hybridized carbons (Fsp3) is 0.200. The minimum atomic E-state index is 0.0226. The van der Waals surface area contributed by atoms with Crippen molar-refractivity contribution in [1.82, 2.24) is 0 Å². The standard InChI is InChI=1S/C10H12O2/c11-7-4-8-12-9-10-5-2-1-3-6-10/h1-6,8,11H,7,9H2/b8-4-. The minimum Gasteiger partial charge on any atom is -0.497 e. The van der Waals surface area contributed by atoms with Crippen molar-refractivity contribution in [2.24, 2.45) is 0 Å². The molecule has 0 aromatic heterocycles. The largest absolute Gasteiger partial charge is 0.497 e. The molecule has 64 valence electrons. The van der Waals surface area contributed by atoms with E-state index < -0.39 is 0 Å². The van der Waals surface area contributed by atoms with Gasteiger partial charge in [0.15, 0.2) is 0 Å². The van der Waals surface area contributed by atoms with Crippen LogP contribution >= 0.6 is 0 Å². The number of aliphatic hydroxyl groups excluding tert-OH is 1. The van der Waals surface area contributed by atoms with Gasteiger partial charge in [0.2, 0.25) is 0 Å². The number of ether oxygens (including phenoxy) is 1. The van der Waals surface area contributed by atoms with Crippen molar-refractivity contribution in [1.29, 1.82) is 0 Å². The maximum absolute atomic E-state index is 8.40. The number of aliphatic hydroxyl groups is 1. The SMILES string of the molecule is OC/C=C\OCc1ccccc1. The predicted molar refractivity (Wildman–Crippen MR) is 47.5 cm³/mol. The lowest BCUT2D eigenvalue weighted by Gasteiger charge is -1.99. The molecule has 0 saturated heterocycles. The Labute approximate surface area is 72.1 Å². The van der Waals surface area contributed by atoms with Crippen LogP contribution in [0.3, 0.4) is 0 Å². The summed E-state index contributed by atoms with van der Waals surface area (Å²) < 4.78 is 5.12. The van der Waals surface area contributed by atoms with Gasteiger partial charge in [0.25, 0.3) is 0 Å². The van der Waals surface area contributed by atoms with Gasteiger partial charge in [0.05, 0.1) is 12.9 Å². The van der Waals surface area contributed by atoms with E-state index in [1.807, 2.05) is 30.3 Å². The summed E-state index contributed by atoms with van der Waals surface area (Å²) in [5.41, 5.74) is 1.13. The molecule has 0 spiro atoms. The van der Waals surface area contributed by atoms with Crippen molar-refractivity contribution in [3.8, 4) is 0 Å². The molecule has 0 radical (unpaired) electrons. The summed E-state index contributed by atoms with van der Waals surface area (Å²) in [5, 5.41) is 8.40. The van der Waals surface area contributed by atoms with Crippen LogP contribution in [0.2, 0.25) is 0 Å². The van der Waals surface area contributed by atoms with Gasteiger partial charge < -0.3 is 9.84 Å². The highest BCUT2D eigenvalue weighted by Crippen LogP contribution is 2.00. The number of benzene rings is 1. The maximum atomic E-state index is 8.40. The molecule has 0 amide bonds. The molecule has 0 fully saturated rings. The molecule has 0 bridgehead atoms. The lowest BCUT2D eigenvalue weighted by atomic mass is 10.2. The average molecular weight is 164 g/mol. The van der Waals surface area contributed by atoms with Crippen molar-refractivity contribution < 1.29 is 9.84 Å². The smallest absolute Gasteiger partial charge is 0.112 e. The van der Waals surface area contributed by atoms with Gasteiger partial charge in [-0.3, -0.25) is 0 Å². The molecule has 0 heterocycles. The fourth-order valence-corrected chi connectivity index (χ4v) is 0.830. The summed E-state index contributed by atoms with van der Waals surface area (Å²) in [6.45, 7) is 0.576. The third-order valence-electron chi connectivity index (χ3n) is 1.39.